The molecule has 9 aliphatic rings. The summed E-state index contributed by atoms with van der Waals surface area (Å²) in [5.41, 5.74) is 35.3. The molecule has 9 heterocycles. The number of hydrogen-bond acceptors (Lipinski definition) is 43. The lowest BCUT2D eigenvalue weighted by Crippen LogP contribution is -2.61. The second kappa shape index (κ2) is 52.4. The Morgan fingerprint density at radius 1 is 0.357 bits per heavy atom. The quantitative estimate of drug-likeness (QED) is 0.0395. The van der Waals surface area contributed by atoms with Crippen LogP contribution in [0.2, 0.25) is 0 Å². The summed E-state index contributed by atoms with van der Waals surface area (Å²) in [6.45, 7) is 14.7. The average molecular weight is 1660 g/mol. The predicted octanol–water partition coefficient (Wildman–Crippen LogP) is -12.3. The maximum atomic E-state index is 10.9. The van der Waals surface area contributed by atoms with E-state index in [1.165, 1.54) is 0 Å². The number of ketones is 1. The van der Waals surface area contributed by atoms with Crippen LogP contribution in [-0.4, -0.2) is 458 Å². The highest BCUT2D eigenvalue weighted by Crippen LogP contribution is 2.29. The maximum absolute atomic E-state index is 10.9. The van der Waals surface area contributed by atoms with E-state index in [1.807, 2.05) is 0 Å². The normalized spacial score (nSPS) is 46.2. The molecule has 112 heavy (non-hydrogen) atoms. The molecule has 31 N–H and O–H groups in total. The number of aliphatic hydroxyl groups excluding tert-OH is 27. The lowest BCUT2D eigenvalue weighted by molar-refractivity contribution is -0.224. The van der Waals surface area contributed by atoms with Gasteiger partial charge in [0.2, 0.25) is 0 Å². The van der Waals surface area contributed by atoms with Crippen molar-refractivity contribution in [2.75, 3.05) is 51.9 Å². The van der Waals surface area contributed by atoms with Crippen molar-refractivity contribution in [1.82, 2.24) is 0 Å². The van der Waals surface area contributed by atoms with Gasteiger partial charge < -0.3 is 192 Å². The minimum Gasteiger partial charge on any atom is -0.394 e. The third-order valence-electron chi connectivity index (χ3n) is 19.4. The number of carbonyl (C=O) groups is 1. The van der Waals surface area contributed by atoms with Crippen LogP contribution in [0.1, 0.15) is 75.7 Å². The molecule has 9 fully saturated rings. The van der Waals surface area contributed by atoms with Crippen molar-refractivity contribution in [2.24, 2.45) is 26.8 Å². The molecule has 17 unspecified atom stereocenters. The second-order valence-electron chi connectivity index (χ2n) is 27.8. The summed E-state index contributed by atoms with van der Waals surface area (Å²) in [6, 6.07) is -2.64. The Labute approximate surface area is 649 Å². The Balaban J connectivity index is 0.000000631. The third-order valence-corrected chi connectivity index (χ3v) is 19.8. The summed E-state index contributed by atoms with van der Waals surface area (Å²) in [7, 11) is 0. The smallest absolute Gasteiger partial charge is 0.192 e. The van der Waals surface area contributed by atoms with E-state index >= 15 is 0 Å². The van der Waals surface area contributed by atoms with Gasteiger partial charge in [-0.15, -0.1) is 0 Å². The molecule has 0 amide bonds. The van der Waals surface area contributed by atoms with Gasteiger partial charge in [-0.25, -0.2) is 0 Å². The Bertz CT molecular complexity index is 2580. The minimum atomic E-state index is -1.28. The summed E-state index contributed by atoms with van der Waals surface area (Å²) >= 11 is 3.96. The molecule has 0 aromatic carbocycles. The molecule has 0 aliphatic carbocycles. The van der Waals surface area contributed by atoms with Crippen LogP contribution in [-0.2, 0) is 47.4 Å². The summed E-state index contributed by atoms with van der Waals surface area (Å²) in [4.78, 5) is 18.5. The molecule has 49 heteroatoms. The number of ether oxygens (including phenoxy) is 9. The Hall–Kier alpha value is -3.57. The van der Waals surface area contributed by atoms with Crippen molar-refractivity contribution in [3.05, 3.63) is 31.3 Å². The average Bonchev–Trinajstić information content (AvgIpc) is 0.845. The van der Waals surface area contributed by atoms with Gasteiger partial charge in [0.05, 0.1) is 168 Å². The highest BCUT2D eigenvalue weighted by molar-refractivity contribution is 7.80. The van der Waals surface area contributed by atoms with Crippen LogP contribution in [0.3, 0.4) is 0 Å². The fourth-order valence-electron chi connectivity index (χ4n) is 12.1. The van der Waals surface area contributed by atoms with Crippen LogP contribution in [0.25, 0.3) is 31.3 Å². The fourth-order valence-corrected chi connectivity index (χ4v) is 12.4. The molecule has 0 spiro atoms. The van der Waals surface area contributed by atoms with E-state index in [4.69, 9.17) is 106 Å². The Morgan fingerprint density at radius 2 is 0.679 bits per heavy atom. The van der Waals surface area contributed by atoms with E-state index in [2.05, 4.69) is 42.7 Å². The third kappa shape index (κ3) is 30.7. The summed E-state index contributed by atoms with van der Waals surface area (Å²) in [5, 5.41) is 259. The van der Waals surface area contributed by atoms with E-state index in [9.17, 15) is 107 Å². The molecule has 9 saturated heterocycles. The van der Waals surface area contributed by atoms with Crippen molar-refractivity contribution >= 4 is 18.4 Å². The zero-order valence-electron chi connectivity index (χ0n) is 63.5. The molecule has 0 aromatic heterocycles. The molecule has 658 valence electrons. The lowest BCUT2D eigenvalue weighted by atomic mass is 9.94. The highest BCUT2D eigenvalue weighted by atomic mass is 32.1. The first-order valence-electron chi connectivity index (χ1n) is 35.9. The number of aliphatic hydroxyl groups is 27. The fraction of sp³-hybridized carbons (Fsp3) is 0.984. The molecule has 9 aliphatic heterocycles. The first-order chi connectivity index (χ1) is 52.3. The second-order valence-corrected chi connectivity index (χ2v) is 28.2. The van der Waals surface area contributed by atoms with Crippen LogP contribution in [0, 0.1) is 0 Å². The lowest BCUT2D eigenvalue weighted by Gasteiger charge is -2.39. The molecule has 0 saturated carbocycles. The Kier molecular flexibility index (Phi) is 49.8. The van der Waals surface area contributed by atoms with E-state index < -0.39 is 262 Å². The van der Waals surface area contributed by atoms with Gasteiger partial charge in [0.1, 0.15) is 134 Å². The standard InChI is InChI=1S/3C7H13N3O4.2C7H15NO4.C7H14O5.C7H14O4S.C7H14O4.C7H12O4/c1-3-6(12)5(9-10-8)7(13)4(2-11)14-3;1-3-6(12)7(13)5(9-10-8)4(2-11)14-3;1-3-5(11)7(13)6(12)4(14-3)2-9-10-8;1-3-6(10)7(11)5(8)4(2-9)12-3;2*1-3-5(9)7(11)6(10)4(2-8)12-3;1-3-5(8)7(10)6(9)4(2-12)11-3;1-4-2-5(9)7(10)6(3-8)11-4;1-3-5(8)7(10)6(9)4(2)11-3/h3*3-7,11-13H,2H2,1H3;2*3-7,9-11H,2,8H2,1H3;3-11H,2H2,1H3;3-10,12H,2H2,1H3;4-10H,2-3H2,1H3;3-5,7-8,10H,1-2H3/t3-,4?,5+,6?,7+;3-,4?,5+,6?,7-;3-,4?,5?,6+,7+;3-,4?,5+,6?,7-;3*3-,4?,5?,6+,7+;4-,5+,6?,7-;3-,4?,5?,7+/m000000000/s1. The highest BCUT2D eigenvalue weighted by Gasteiger charge is 2.48. The molecule has 0 radical (unpaired) electrons. The number of azide groups is 3. The van der Waals surface area contributed by atoms with Crippen molar-refractivity contribution < 1.29 is 185 Å². The maximum Gasteiger partial charge on any atom is 0.192 e. The van der Waals surface area contributed by atoms with Gasteiger partial charge in [-0.2, -0.15) is 12.6 Å². The molecule has 0 bridgehead atoms. The molecular formula is C63H123N11O37S. The number of rotatable bonds is 11. The van der Waals surface area contributed by atoms with Crippen molar-refractivity contribution in [1.29, 1.82) is 0 Å². The van der Waals surface area contributed by atoms with E-state index in [0.717, 1.165) is 0 Å². The number of thiol groups is 1. The zero-order valence-corrected chi connectivity index (χ0v) is 64.4. The van der Waals surface area contributed by atoms with Gasteiger partial charge in [0.25, 0.3) is 0 Å². The number of carbonyl (C=O) groups excluding carboxylic acids is 1. The Morgan fingerprint density at radius 3 is 1.09 bits per heavy atom. The van der Waals surface area contributed by atoms with Crippen LogP contribution in [0.4, 0.5) is 0 Å². The monoisotopic (exact) mass is 1660 g/mol. The van der Waals surface area contributed by atoms with Crippen molar-refractivity contribution in [3.63, 3.8) is 0 Å². The van der Waals surface area contributed by atoms with Gasteiger partial charge in [-0.3, -0.25) is 4.79 Å². The van der Waals surface area contributed by atoms with Crippen LogP contribution >= 0.6 is 12.6 Å². The largest absolute Gasteiger partial charge is 0.394 e. The van der Waals surface area contributed by atoms with Crippen LogP contribution < -0.4 is 11.5 Å². The predicted molar refractivity (Wildman–Crippen MR) is 383 cm³/mol. The van der Waals surface area contributed by atoms with Gasteiger partial charge in [-0.05, 0) is 85.8 Å². The number of Topliss-reactive ketones (excluding diaryl/α,β-unsaturated/α-hetero) is 1. The van der Waals surface area contributed by atoms with Gasteiger partial charge >= 0.3 is 0 Å². The van der Waals surface area contributed by atoms with Crippen molar-refractivity contribution in [3.8, 4) is 0 Å². The van der Waals surface area contributed by atoms with E-state index in [1.54, 1.807) is 69.2 Å². The summed E-state index contributed by atoms with van der Waals surface area (Å²) in [6.07, 6.45) is -34.2. The summed E-state index contributed by atoms with van der Waals surface area (Å²) < 4.78 is 46.1. The van der Waals surface area contributed by atoms with Crippen LogP contribution in [0.15, 0.2) is 15.3 Å². The molecule has 9 rings (SSSR count). The molecule has 48 nitrogen and oxygen atoms in total. The topological polar surface area (TPSA) is 845 Å². The molecule has 43 atom stereocenters. The van der Waals surface area contributed by atoms with Crippen LogP contribution in [0.5, 0.6) is 0 Å². The van der Waals surface area contributed by atoms with Gasteiger partial charge in [-0.1, -0.05) is 15.3 Å². The first kappa shape index (κ1) is 106. The minimum absolute atomic E-state index is 0.0637. The van der Waals surface area contributed by atoms with E-state index in [-0.39, 0.29) is 52.2 Å². The zero-order chi connectivity index (χ0) is 86.4. The first-order valence-corrected chi connectivity index (χ1v) is 36.5. The van der Waals surface area contributed by atoms with E-state index in [0.29, 0.717) is 12.2 Å². The van der Waals surface area contributed by atoms with Gasteiger partial charge in [0, 0.05) is 33.5 Å². The van der Waals surface area contributed by atoms with Gasteiger partial charge in [0.15, 0.2) is 5.78 Å². The number of nitrogens with two attached hydrogens (primary N) is 2. The molecular weight excluding hydrogens is 1530 g/mol. The number of hydrogen-bond donors (Lipinski definition) is 30. The summed E-state index contributed by atoms with van der Waals surface area (Å²) in [5.74, 6) is -0.120. The van der Waals surface area contributed by atoms with Crippen molar-refractivity contribution in [2.45, 2.75) is 338 Å². The number of nitrogens with zero attached hydrogens (tertiary/aromatic N) is 9. The molecule has 0 aromatic rings. The SMILES string of the molecule is CC1O[C@@H](C)C(O)[C@@H](O)C1=O.C[C@@H]1OC(CN)[C@@H](O)[C@H](O)C1O.C[C@@H]1OC(CN=[N+]=[N-])[C@@H](O)[C@H](O)C1O.C[C@@H]1OC(CO)[C@@H](N)[C@H](O)C1O.C[C@@H]1OC(CO)[C@@H](N=[N+]=[N-])[C@H](O)C1O.C[C@@H]1OC(CO)[C@@H](O)[C@H](N=[N+]=[N-])C1O.C[C@@H]1OC(CO)[C@@H](O)[C@H](O)C1O.C[C@@H]1OC(CS)[C@@H](O)[C@H](O)C1O.C[C@H]1C[C@@H](O)[C@H](O)C(CO)O1.